The molecule has 0 aliphatic carbocycles. The second-order valence-electron chi connectivity index (χ2n) is 7.88. The van der Waals surface area contributed by atoms with Crippen LogP contribution in [0, 0.1) is 0 Å². The molecule has 0 saturated carbocycles. The van der Waals surface area contributed by atoms with Crippen LogP contribution in [0.15, 0.2) is 48.5 Å². The molecule has 0 bridgehead atoms. The molecule has 0 spiro atoms. The molecule has 1 heterocycles. The molecule has 0 atom stereocenters. The van der Waals surface area contributed by atoms with E-state index in [-0.39, 0.29) is 5.91 Å². The van der Waals surface area contributed by atoms with E-state index in [1.165, 1.54) is 0 Å². The van der Waals surface area contributed by atoms with Gasteiger partial charge >= 0.3 is 0 Å². The summed E-state index contributed by atoms with van der Waals surface area (Å²) in [5.41, 5.74) is 1.60. The van der Waals surface area contributed by atoms with Crippen molar-refractivity contribution in [3.63, 3.8) is 0 Å². The summed E-state index contributed by atoms with van der Waals surface area (Å²) < 4.78 is 17.0. The quantitative estimate of drug-likeness (QED) is 0.591. The topological polar surface area (TPSA) is 60.0 Å². The minimum Gasteiger partial charge on any atom is -0.494 e. The summed E-state index contributed by atoms with van der Waals surface area (Å²) in [6.07, 6.45) is 3.10. The number of likely N-dealkylation sites (N-methyl/N-ethyl adjacent to an activating group) is 1. The van der Waals surface area contributed by atoms with Crippen molar-refractivity contribution >= 4 is 5.91 Å². The maximum Gasteiger partial charge on any atom is 0.251 e. The van der Waals surface area contributed by atoms with Gasteiger partial charge in [0.25, 0.3) is 5.91 Å². The first kappa shape index (κ1) is 23.1. The monoisotopic (exact) mass is 426 g/mol. The van der Waals surface area contributed by atoms with E-state index in [0.29, 0.717) is 31.4 Å². The van der Waals surface area contributed by atoms with Gasteiger partial charge < -0.3 is 19.5 Å². The third-order valence-corrected chi connectivity index (χ3v) is 5.45. The zero-order valence-corrected chi connectivity index (χ0v) is 18.6. The molecule has 168 valence electrons. The minimum atomic E-state index is -0.119. The van der Waals surface area contributed by atoms with E-state index < -0.39 is 0 Å². The molecule has 6 heteroatoms. The predicted molar refractivity (Wildman–Crippen MR) is 122 cm³/mol. The standard InChI is InChI=1S/C25H34N2O4/c1-3-13-30-24-9-5-7-21(18-24)25(28)26-19-20-6-4-8-23(17-20)31-16-12-27(2)22-10-14-29-15-11-22/h4-9,17-18,22H,3,10-16,19H2,1-2H3,(H,26,28). The second kappa shape index (κ2) is 12.3. The highest BCUT2D eigenvalue weighted by molar-refractivity contribution is 5.94. The molecule has 6 nitrogen and oxygen atoms in total. The van der Waals surface area contributed by atoms with Gasteiger partial charge in [-0.1, -0.05) is 25.1 Å². The molecule has 1 aliphatic rings. The Balaban J connectivity index is 1.45. The Kier molecular flexibility index (Phi) is 9.18. The number of nitrogens with one attached hydrogen (secondary N) is 1. The van der Waals surface area contributed by atoms with Crippen molar-refractivity contribution < 1.29 is 19.0 Å². The molecule has 1 amide bonds. The molecule has 31 heavy (non-hydrogen) atoms. The first-order chi connectivity index (χ1) is 15.2. The maximum absolute atomic E-state index is 12.5. The largest absolute Gasteiger partial charge is 0.494 e. The Bertz CT molecular complexity index is 821. The Morgan fingerprint density at radius 2 is 1.77 bits per heavy atom. The van der Waals surface area contributed by atoms with E-state index in [0.717, 1.165) is 56.1 Å². The van der Waals surface area contributed by atoms with Crippen LogP contribution in [-0.2, 0) is 11.3 Å². The Morgan fingerprint density at radius 3 is 2.55 bits per heavy atom. The molecule has 0 radical (unpaired) electrons. The smallest absolute Gasteiger partial charge is 0.251 e. The van der Waals surface area contributed by atoms with Crippen LogP contribution in [-0.4, -0.2) is 56.9 Å². The van der Waals surface area contributed by atoms with Gasteiger partial charge in [-0.05, 0) is 62.2 Å². The fourth-order valence-electron chi connectivity index (χ4n) is 3.59. The number of hydrogen-bond donors (Lipinski definition) is 1. The Labute approximate surface area is 185 Å². The SMILES string of the molecule is CCCOc1cccc(C(=O)NCc2cccc(OCCN(C)C3CCOCC3)c2)c1. The van der Waals surface area contributed by atoms with E-state index in [1.54, 1.807) is 12.1 Å². The highest BCUT2D eigenvalue weighted by Gasteiger charge is 2.18. The molecule has 0 aromatic heterocycles. The minimum absolute atomic E-state index is 0.119. The molecule has 2 aromatic carbocycles. The number of benzene rings is 2. The van der Waals surface area contributed by atoms with Crippen LogP contribution in [0.2, 0.25) is 0 Å². The van der Waals surface area contributed by atoms with Crippen LogP contribution in [0.1, 0.15) is 42.1 Å². The number of carbonyl (C=O) groups excluding carboxylic acids is 1. The molecule has 2 aromatic rings. The van der Waals surface area contributed by atoms with Gasteiger partial charge in [-0.2, -0.15) is 0 Å². The van der Waals surface area contributed by atoms with Crippen molar-refractivity contribution in [1.82, 2.24) is 10.2 Å². The molecule has 3 rings (SSSR count). The zero-order chi connectivity index (χ0) is 21.9. The first-order valence-corrected chi connectivity index (χ1v) is 11.2. The van der Waals surface area contributed by atoms with Crippen LogP contribution in [0.3, 0.4) is 0 Å². The predicted octanol–water partition coefficient (Wildman–Crippen LogP) is 3.90. The van der Waals surface area contributed by atoms with Crippen LogP contribution in [0.5, 0.6) is 11.5 Å². The lowest BCUT2D eigenvalue weighted by molar-refractivity contribution is 0.0392. The van der Waals surface area contributed by atoms with Gasteiger partial charge in [0.05, 0.1) is 6.61 Å². The maximum atomic E-state index is 12.5. The number of carbonyl (C=O) groups is 1. The molecule has 1 saturated heterocycles. The number of ether oxygens (including phenoxy) is 3. The van der Waals surface area contributed by atoms with Crippen molar-refractivity contribution in [3.8, 4) is 11.5 Å². The van der Waals surface area contributed by atoms with Crippen molar-refractivity contribution in [2.45, 2.75) is 38.8 Å². The third-order valence-electron chi connectivity index (χ3n) is 5.45. The average Bonchev–Trinajstić information content (AvgIpc) is 2.82. The fourth-order valence-corrected chi connectivity index (χ4v) is 3.59. The summed E-state index contributed by atoms with van der Waals surface area (Å²) in [6, 6.07) is 15.7. The Hall–Kier alpha value is -2.57. The number of nitrogens with zero attached hydrogens (tertiary/aromatic N) is 1. The normalized spacial score (nSPS) is 14.4. The van der Waals surface area contributed by atoms with Crippen LogP contribution in [0.4, 0.5) is 0 Å². The van der Waals surface area contributed by atoms with Gasteiger partial charge in [0, 0.05) is 37.9 Å². The van der Waals surface area contributed by atoms with Crippen molar-refractivity contribution in [2.24, 2.45) is 0 Å². The summed E-state index contributed by atoms with van der Waals surface area (Å²) in [4.78, 5) is 14.9. The summed E-state index contributed by atoms with van der Waals surface area (Å²) in [5.74, 6) is 1.42. The number of amides is 1. The molecular formula is C25H34N2O4. The summed E-state index contributed by atoms with van der Waals surface area (Å²) >= 11 is 0. The summed E-state index contributed by atoms with van der Waals surface area (Å²) in [7, 11) is 2.15. The van der Waals surface area contributed by atoms with Crippen molar-refractivity contribution in [2.75, 3.05) is 40.0 Å². The molecule has 1 fully saturated rings. The van der Waals surface area contributed by atoms with Crippen molar-refractivity contribution in [3.05, 3.63) is 59.7 Å². The highest BCUT2D eigenvalue weighted by Crippen LogP contribution is 2.16. The molecule has 1 aliphatic heterocycles. The van der Waals surface area contributed by atoms with Gasteiger partial charge in [0.1, 0.15) is 18.1 Å². The Morgan fingerprint density at radius 1 is 1.06 bits per heavy atom. The van der Waals surface area contributed by atoms with Gasteiger partial charge in [0.15, 0.2) is 0 Å². The third kappa shape index (κ3) is 7.56. The highest BCUT2D eigenvalue weighted by atomic mass is 16.5. The lowest BCUT2D eigenvalue weighted by Crippen LogP contribution is -2.38. The van der Waals surface area contributed by atoms with Crippen LogP contribution in [0.25, 0.3) is 0 Å². The average molecular weight is 427 g/mol. The summed E-state index contributed by atoms with van der Waals surface area (Å²) in [6.45, 7) is 6.34. The zero-order valence-electron chi connectivity index (χ0n) is 18.6. The van der Waals surface area contributed by atoms with E-state index >= 15 is 0 Å². The van der Waals surface area contributed by atoms with Crippen LogP contribution < -0.4 is 14.8 Å². The fraction of sp³-hybridized carbons (Fsp3) is 0.480. The van der Waals surface area contributed by atoms with Gasteiger partial charge in [-0.3, -0.25) is 9.69 Å². The number of hydrogen-bond acceptors (Lipinski definition) is 5. The second-order valence-corrected chi connectivity index (χ2v) is 7.88. The molecular weight excluding hydrogens is 392 g/mol. The van der Waals surface area contributed by atoms with E-state index in [1.807, 2.05) is 36.4 Å². The molecule has 0 unspecified atom stereocenters. The lowest BCUT2D eigenvalue weighted by Gasteiger charge is -2.31. The van der Waals surface area contributed by atoms with Crippen LogP contribution >= 0.6 is 0 Å². The lowest BCUT2D eigenvalue weighted by atomic mass is 10.1. The molecule has 1 N–H and O–H groups in total. The summed E-state index contributed by atoms with van der Waals surface area (Å²) in [5, 5.41) is 2.97. The van der Waals surface area contributed by atoms with E-state index in [2.05, 4.69) is 24.2 Å². The first-order valence-electron chi connectivity index (χ1n) is 11.2. The van der Waals surface area contributed by atoms with Gasteiger partial charge in [0.2, 0.25) is 0 Å². The van der Waals surface area contributed by atoms with E-state index in [4.69, 9.17) is 14.2 Å². The van der Waals surface area contributed by atoms with E-state index in [9.17, 15) is 4.79 Å². The van der Waals surface area contributed by atoms with Gasteiger partial charge in [-0.25, -0.2) is 0 Å². The number of rotatable bonds is 11. The van der Waals surface area contributed by atoms with Gasteiger partial charge in [-0.15, -0.1) is 0 Å². The van der Waals surface area contributed by atoms with Crippen molar-refractivity contribution in [1.29, 1.82) is 0 Å².